The molecule has 1 aromatic carbocycles. The van der Waals surface area contributed by atoms with E-state index in [9.17, 15) is 4.79 Å². The Labute approximate surface area is 126 Å². The molecule has 0 radical (unpaired) electrons. The third-order valence-corrected chi connectivity index (χ3v) is 3.63. The lowest BCUT2D eigenvalue weighted by atomic mass is 10.1. The third kappa shape index (κ3) is 4.44. The Morgan fingerprint density at radius 2 is 2.19 bits per heavy atom. The third-order valence-electron chi connectivity index (χ3n) is 3.63. The summed E-state index contributed by atoms with van der Waals surface area (Å²) in [6.07, 6.45) is 1.03. The zero-order valence-corrected chi connectivity index (χ0v) is 12.9. The van der Waals surface area contributed by atoms with Crippen molar-refractivity contribution in [2.45, 2.75) is 45.4 Å². The van der Waals surface area contributed by atoms with Crippen molar-refractivity contribution in [2.24, 2.45) is 0 Å². The van der Waals surface area contributed by atoms with Gasteiger partial charge in [0, 0.05) is 12.2 Å². The van der Waals surface area contributed by atoms with Crippen molar-refractivity contribution < 1.29 is 14.3 Å². The van der Waals surface area contributed by atoms with Crippen LogP contribution in [0.5, 0.6) is 5.75 Å². The largest absolute Gasteiger partial charge is 0.491 e. The highest BCUT2D eigenvalue weighted by Crippen LogP contribution is 2.18. The van der Waals surface area contributed by atoms with E-state index in [2.05, 4.69) is 17.6 Å². The molecule has 5 nitrogen and oxygen atoms in total. The number of morpholine rings is 1. The van der Waals surface area contributed by atoms with Gasteiger partial charge in [-0.3, -0.25) is 4.79 Å². The fourth-order valence-electron chi connectivity index (χ4n) is 2.18. The Morgan fingerprint density at radius 3 is 2.81 bits per heavy atom. The maximum absolute atomic E-state index is 12.2. The van der Waals surface area contributed by atoms with Crippen molar-refractivity contribution >= 4 is 11.6 Å². The van der Waals surface area contributed by atoms with Gasteiger partial charge in [-0.05, 0) is 44.5 Å². The topological polar surface area (TPSA) is 59.6 Å². The summed E-state index contributed by atoms with van der Waals surface area (Å²) in [4.78, 5) is 12.2. The van der Waals surface area contributed by atoms with E-state index in [1.54, 1.807) is 0 Å². The van der Waals surface area contributed by atoms with E-state index in [-0.39, 0.29) is 24.2 Å². The summed E-state index contributed by atoms with van der Waals surface area (Å²) >= 11 is 0. The van der Waals surface area contributed by atoms with Crippen molar-refractivity contribution in [3.63, 3.8) is 0 Å². The Hall–Kier alpha value is -1.59. The van der Waals surface area contributed by atoms with Gasteiger partial charge in [-0.2, -0.15) is 0 Å². The maximum atomic E-state index is 12.2. The Bertz CT molecular complexity index is 461. The molecule has 21 heavy (non-hydrogen) atoms. The first-order valence-corrected chi connectivity index (χ1v) is 7.52. The number of carbonyl (C=O) groups excluding carboxylic acids is 1. The molecule has 1 aliphatic rings. The van der Waals surface area contributed by atoms with Gasteiger partial charge in [0.1, 0.15) is 11.8 Å². The number of ether oxygens (including phenoxy) is 2. The number of benzene rings is 1. The summed E-state index contributed by atoms with van der Waals surface area (Å²) in [6, 6.07) is 7.13. The molecule has 5 heteroatoms. The molecule has 1 aromatic rings. The van der Waals surface area contributed by atoms with Gasteiger partial charge in [-0.15, -0.1) is 0 Å². The van der Waals surface area contributed by atoms with Crippen LogP contribution < -0.4 is 15.4 Å². The van der Waals surface area contributed by atoms with Gasteiger partial charge in [0.25, 0.3) is 0 Å². The van der Waals surface area contributed by atoms with Crippen LogP contribution in [0, 0.1) is 0 Å². The molecule has 1 unspecified atom stereocenters. The highest BCUT2D eigenvalue weighted by atomic mass is 16.5. The van der Waals surface area contributed by atoms with E-state index < -0.39 is 0 Å². The average Bonchev–Trinajstić information content (AvgIpc) is 2.49. The highest BCUT2D eigenvalue weighted by molar-refractivity contribution is 5.95. The summed E-state index contributed by atoms with van der Waals surface area (Å²) in [5.41, 5.74) is 0.760. The van der Waals surface area contributed by atoms with Crippen LogP contribution in [0.3, 0.4) is 0 Å². The molecule has 1 amide bonds. The van der Waals surface area contributed by atoms with Crippen LogP contribution in [-0.2, 0) is 9.53 Å². The van der Waals surface area contributed by atoms with E-state index in [1.165, 1.54) is 0 Å². The zero-order chi connectivity index (χ0) is 15.2. The average molecular weight is 292 g/mol. The normalized spacial score (nSPS) is 23.4. The monoisotopic (exact) mass is 292 g/mol. The van der Waals surface area contributed by atoms with Gasteiger partial charge in [-0.25, -0.2) is 0 Å². The summed E-state index contributed by atoms with van der Waals surface area (Å²) < 4.78 is 11.2. The van der Waals surface area contributed by atoms with Crippen LogP contribution in [0.25, 0.3) is 0 Å². The molecular weight excluding hydrogens is 268 g/mol. The van der Waals surface area contributed by atoms with Gasteiger partial charge in [0.05, 0.1) is 18.8 Å². The number of hydrogen-bond acceptors (Lipinski definition) is 4. The predicted molar refractivity (Wildman–Crippen MR) is 82.7 cm³/mol. The first kappa shape index (κ1) is 15.8. The quantitative estimate of drug-likeness (QED) is 0.873. The van der Waals surface area contributed by atoms with Crippen molar-refractivity contribution in [3.8, 4) is 5.75 Å². The molecular formula is C16H24N2O3. The Kier molecular flexibility index (Phi) is 5.59. The van der Waals surface area contributed by atoms with Crippen LogP contribution in [-0.4, -0.2) is 37.3 Å². The Balaban J connectivity index is 1.92. The SMILES string of the molecule is CCC(C)Oc1ccc(NC(=O)[C@H]2NCCO[C@@H]2C)cc1. The molecule has 0 aliphatic carbocycles. The first-order chi connectivity index (χ1) is 10.1. The zero-order valence-electron chi connectivity index (χ0n) is 12.9. The standard InChI is InChI=1S/C16H24N2O3/c1-4-11(2)21-14-7-5-13(6-8-14)18-16(19)15-12(3)20-10-9-17-15/h5-8,11-12,15,17H,4,9-10H2,1-3H3,(H,18,19)/t11?,12-,15+/m1/s1. The minimum absolute atomic E-state index is 0.0715. The number of rotatable bonds is 5. The van der Waals surface area contributed by atoms with Crippen LogP contribution >= 0.6 is 0 Å². The predicted octanol–water partition coefficient (Wildman–Crippen LogP) is 2.18. The molecule has 0 aromatic heterocycles. The summed E-state index contributed by atoms with van der Waals surface area (Å²) in [7, 11) is 0. The van der Waals surface area contributed by atoms with Crippen LogP contribution in [0.4, 0.5) is 5.69 Å². The lowest BCUT2D eigenvalue weighted by molar-refractivity contribution is -0.123. The molecule has 2 N–H and O–H groups in total. The van der Waals surface area contributed by atoms with Gasteiger partial charge >= 0.3 is 0 Å². The van der Waals surface area contributed by atoms with Gasteiger partial charge < -0.3 is 20.1 Å². The summed E-state index contributed by atoms with van der Waals surface area (Å²) in [6.45, 7) is 7.36. The highest BCUT2D eigenvalue weighted by Gasteiger charge is 2.28. The number of carbonyl (C=O) groups is 1. The molecule has 2 rings (SSSR count). The fourth-order valence-corrected chi connectivity index (χ4v) is 2.18. The van der Waals surface area contributed by atoms with Gasteiger partial charge in [0.2, 0.25) is 5.91 Å². The number of nitrogens with one attached hydrogen (secondary N) is 2. The second kappa shape index (κ2) is 7.43. The van der Waals surface area contributed by atoms with Crippen LogP contribution in [0.1, 0.15) is 27.2 Å². The van der Waals surface area contributed by atoms with Crippen molar-refractivity contribution in [3.05, 3.63) is 24.3 Å². The summed E-state index contributed by atoms with van der Waals surface area (Å²) in [5.74, 6) is 0.743. The molecule has 0 saturated carbocycles. The van der Waals surface area contributed by atoms with E-state index in [0.717, 1.165) is 17.9 Å². The molecule has 116 valence electrons. The lowest BCUT2D eigenvalue weighted by Crippen LogP contribution is -2.53. The Morgan fingerprint density at radius 1 is 1.48 bits per heavy atom. The molecule has 0 spiro atoms. The first-order valence-electron chi connectivity index (χ1n) is 7.52. The number of anilines is 1. The van der Waals surface area contributed by atoms with E-state index in [4.69, 9.17) is 9.47 Å². The minimum Gasteiger partial charge on any atom is -0.491 e. The molecule has 1 saturated heterocycles. The van der Waals surface area contributed by atoms with Gasteiger partial charge in [-0.1, -0.05) is 6.92 Å². The second-order valence-electron chi connectivity index (χ2n) is 5.36. The number of amides is 1. The molecule has 0 bridgehead atoms. The maximum Gasteiger partial charge on any atom is 0.244 e. The second-order valence-corrected chi connectivity index (χ2v) is 5.36. The van der Waals surface area contributed by atoms with Crippen molar-refractivity contribution in [2.75, 3.05) is 18.5 Å². The molecule has 1 fully saturated rings. The lowest BCUT2D eigenvalue weighted by Gasteiger charge is -2.29. The summed E-state index contributed by atoms with van der Waals surface area (Å²) in [5, 5.41) is 6.07. The molecule has 1 aliphatic heterocycles. The molecule has 1 heterocycles. The smallest absolute Gasteiger partial charge is 0.244 e. The number of hydrogen-bond donors (Lipinski definition) is 2. The minimum atomic E-state index is -0.310. The van der Waals surface area contributed by atoms with E-state index in [0.29, 0.717) is 13.2 Å². The van der Waals surface area contributed by atoms with Crippen LogP contribution in [0.15, 0.2) is 24.3 Å². The fraction of sp³-hybridized carbons (Fsp3) is 0.562. The van der Waals surface area contributed by atoms with E-state index in [1.807, 2.05) is 38.1 Å². The molecule has 3 atom stereocenters. The van der Waals surface area contributed by atoms with Gasteiger partial charge in [0.15, 0.2) is 0 Å². The van der Waals surface area contributed by atoms with Crippen LogP contribution in [0.2, 0.25) is 0 Å². The van der Waals surface area contributed by atoms with Crippen molar-refractivity contribution in [1.82, 2.24) is 5.32 Å². The van der Waals surface area contributed by atoms with E-state index >= 15 is 0 Å². The van der Waals surface area contributed by atoms with Crippen molar-refractivity contribution in [1.29, 1.82) is 0 Å².